The Kier molecular flexibility index (Phi) is 15.5. The lowest BCUT2D eigenvalue weighted by molar-refractivity contribution is -0.396. The third-order valence-corrected chi connectivity index (χ3v) is 21.0. The Hall–Kier alpha value is -2.42. The maximum absolute atomic E-state index is 12.7. The minimum absolute atomic E-state index is 0.0493. The van der Waals surface area contributed by atoms with Gasteiger partial charge in [0, 0.05) is 10.8 Å². The molecule has 26 atom stereocenters. The molecular formula is C54H84O21. The minimum atomic E-state index is -2.09. The summed E-state index contributed by atoms with van der Waals surface area (Å²) in [7, 11) is 0. The van der Waals surface area contributed by atoms with E-state index in [1.807, 2.05) is 6.92 Å². The van der Waals surface area contributed by atoms with Crippen LogP contribution in [0.4, 0.5) is 0 Å². The molecule has 4 saturated carbocycles. The molecule has 7 fully saturated rings. The molecule has 0 radical (unpaired) electrons. The summed E-state index contributed by atoms with van der Waals surface area (Å²) in [5, 5.41) is 119. The van der Waals surface area contributed by atoms with Crippen molar-refractivity contribution in [2.45, 2.75) is 237 Å². The van der Waals surface area contributed by atoms with E-state index in [0.29, 0.717) is 12.8 Å². The van der Waals surface area contributed by atoms with Gasteiger partial charge in [0.2, 0.25) is 12.1 Å². The van der Waals surface area contributed by atoms with Crippen molar-refractivity contribution in [2.75, 3.05) is 13.2 Å². The Morgan fingerprint density at radius 1 is 0.693 bits per heavy atom. The van der Waals surface area contributed by atoms with Crippen LogP contribution in [0.3, 0.4) is 0 Å². The van der Waals surface area contributed by atoms with Crippen LogP contribution < -0.4 is 0 Å². The van der Waals surface area contributed by atoms with Crippen molar-refractivity contribution in [1.29, 1.82) is 0 Å². The zero-order valence-electron chi connectivity index (χ0n) is 44.7. The van der Waals surface area contributed by atoms with E-state index >= 15 is 0 Å². The van der Waals surface area contributed by atoms with Crippen LogP contribution in [-0.2, 0) is 47.5 Å². The average Bonchev–Trinajstić information content (AvgIpc) is 3.35. The molecule has 0 spiro atoms. The summed E-state index contributed by atoms with van der Waals surface area (Å²) in [6.45, 7) is 17.9. The summed E-state index contributed by atoms with van der Waals surface area (Å²) in [4.78, 5) is 25.3. The third-order valence-electron chi connectivity index (χ3n) is 21.0. The fourth-order valence-electron chi connectivity index (χ4n) is 16.3. The molecule has 9 rings (SSSR count). The fraction of sp³-hybridized carbons (Fsp3) is 0.889. The van der Waals surface area contributed by atoms with Crippen LogP contribution in [0.1, 0.15) is 127 Å². The molecule has 4 aliphatic heterocycles. The van der Waals surface area contributed by atoms with E-state index in [-0.39, 0.29) is 81.3 Å². The minimum Gasteiger partial charge on any atom is -0.502 e. The number of carbonyl (C=O) groups is 2. The van der Waals surface area contributed by atoms with Crippen LogP contribution in [0.25, 0.3) is 0 Å². The van der Waals surface area contributed by atoms with Crippen LogP contribution in [0.2, 0.25) is 0 Å². The average molecular weight is 1070 g/mol. The first-order valence-corrected chi connectivity index (χ1v) is 27.1. The fourth-order valence-corrected chi connectivity index (χ4v) is 16.3. The zero-order chi connectivity index (χ0) is 54.9. The Balaban J connectivity index is 0.980. The molecule has 0 bridgehead atoms. The van der Waals surface area contributed by atoms with E-state index < -0.39 is 123 Å². The first-order chi connectivity index (χ1) is 35.0. The number of carboxylic acids is 1. The molecule has 0 aromatic heterocycles. The van der Waals surface area contributed by atoms with Crippen molar-refractivity contribution in [3.8, 4) is 0 Å². The van der Waals surface area contributed by atoms with Gasteiger partial charge in [-0.2, -0.15) is 0 Å². The van der Waals surface area contributed by atoms with E-state index in [1.54, 1.807) is 6.92 Å². The molecule has 0 aromatic carbocycles. The van der Waals surface area contributed by atoms with Crippen molar-refractivity contribution in [1.82, 2.24) is 0 Å². The summed E-state index contributed by atoms with van der Waals surface area (Å²) in [6.07, 6.45) is -19.0. The van der Waals surface area contributed by atoms with E-state index in [1.165, 1.54) is 12.5 Å². The monoisotopic (exact) mass is 1070 g/mol. The van der Waals surface area contributed by atoms with Crippen LogP contribution in [0.15, 0.2) is 23.2 Å². The van der Waals surface area contributed by atoms with Crippen LogP contribution in [0.5, 0.6) is 0 Å². The number of ether oxygens (including phenoxy) is 8. The lowest BCUT2D eigenvalue weighted by atomic mass is 9.33. The van der Waals surface area contributed by atoms with Crippen molar-refractivity contribution in [3.05, 3.63) is 23.2 Å². The molecule has 75 heavy (non-hydrogen) atoms. The van der Waals surface area contributed by atoms with Gasteiger partial charge >= 0.3 is 5.97 Å². The van der Waals surface area contributed by atoms with E-state index in [9.17, 15) is 65.8 Å². The number of carbonyl (C=O) groups excluding carboxylic acids is 1. The molecule has 0 unspecified atom stereocenters. The molecule has 11 N–H and O–H groups in total. The molecule has 21 heteroatoms. The highest BCUT2D eigenvalue weighted by molar-refractivity contribution is 5.94. The Morgan fingerprint density at radius 2 is 1.35 bits per heavy atom. The topological polar surface area (TPSA) is 331 Å². The van der Waals surface area contributed by atoms with Gasteiger partial charge in [0.1, 0.15) is 66.8 Å². The first-order valence-electron chi connectivity index (χ1n) is 27.1. The van der Waals surface area contributed by atoms with Crippen molar-refractivity contribution in [3.63, 3.8) is 0 Å². The summed E-state index contributed by atoms with van der Waals surface area (Å²) in [6, 6.07) is 0. The van der Waals surface area contributed by atoms with Crippen molar-refractivity contribution >= 4 is 11.8 Å². The highest BCUT2D eigenvalue weighted by Crippen LogP contribution is 2.76. The Morgan fingerprint density at radius 3 is 1.99 bits per heavy atom. The van der Waals surface area contributed by atoms with Crippen molar-refractivity contribution < 1.29 is 104 Å². The van der Waals surface area contributed by atoms with Gasteiger partial charge in [-0.15, -0.1) is 0 Å². The quantitative estimate of drug-likeness (QED) is 0.104. The molecule has 21 nitrogen and oxygen atoms in total. The largest absolute Gasteiger partial charge is 0.502 e. The summed E-state index contributed by atoms with van der Waals surface area (Å²) >= 11 is 0. The smallest absolute Gasteiger partial charge is 0.335 e. The summed E-state index contributed by atoms with van der Waals surface area (Å²) in [5.41, 5.74) is -0.538. The molecule has 0 aromatic rings. The Bertz CT molecular complexity index is 2210. The van der Waals surface area contributed by atoms with Gasteiger partial charge in [-0.05, 0) is 111 Å². The van der Waals surface area contributed by atoms with Gasteiger partial charge in [-0.3, -0.25) is 4.79 Å². The standard InChI is InChI=1S/C54H84O21/c1-23-34(58)27(57)18-33(68-23)71-32-20-49(3,4)19-26-25-10-11-30-51(6)14-13-31(52(7,22-56)29(51)12-15-54(30,9)53(25,8)17-16-50(26,32)5)72-48-44(40(64)39(63)42(73-48)45(66)67)75-47-43(38(62)36(60)28(21-55)70-47)74-46-41(65)37(61)35(59)24(2)69-46/h10,24,26,28-33,35-44,46-48,55-56,58-65H,11-22H2,1-9H3,(H,66,67)/t24-,26-,28+,29+,30+,31-,32+,33-,35-,36-,37+,38-,39-,40-,41+,42-,43+,44+,46-,47-,48+,50+,51-,52+,53+,54+/m0/s1. The lowest BCUT2D eigenvalue weighted by Crippen LogP contribution is -2.68. The molecule has 0 amide bonds. The number of aliphatic hydroxyl groups excluding tert-OH is 10. The number of allylic oxidation sites excluding steroid dienone is 4. The van der Waals surface area contributed by atoms with Crippen molar-refractivity contribution in [2.24, 2.45) is 50.2 Å². The van der Waals surface area contributed by atoms with Gasteiger partial charge in [0.05, 0.1) is 37.9 Å². The number of hydrogen-bond donors (Lipinski definition) is 11. The summed E-state index contributed by atoms with van der Waals surface area (Å²) < 4.78 is 49.1. The maximum atomic E-state index is 12.7. The van der Waals surface area contributed by atoms with Gasteiger partial charge in [0.25, 0.3) is 0 Å². The second kappa shape index (κ2) is 20.3. The van der Waals surface area contributed by atoms with Crippen LogP contribution >= 0.6 is 0 Å². The van der Waals surface area contributed by atoms with E-state index in [2.05, 4.69) is 47.6 Å². The highest BCUT2D eigenvalue weighted by Gasteiger charge is 2.70. The van der Waals surface area contributed by atoms with Gasteiger partial charge in [0.15, 0.2) is 30.7 Å². The number of hydrogen-bond acceptors (Lipinski definition) is 20. The highest BCUT2D eigenvalue weighted by atomic mass is 16.8. The third kappa shape index (κ3) is 9.25. The van der Waals surface area contributed by atoms with Crippen LogP contribution in [0, 0.1) is 50.2 Å². The molecule has 9 aliphatic rings. The molecular weight excluding hydrogens is 985 g/mol. The number of rotatable bonds is 11. The number of aliphatic hydroxyl groups is 10. The zero-order valence-corrected chi connectivity index (χ0v) is 44.7. The number of aliphatic carboxylic acids is 1. The molecule has 4 heterocycles. The number of ketones is 1. The predicted octanol–water partition coefficient (Wildman–Crippen LogP) is 1.83. The van der Waals surface area contributed by atoms with E-state index in [0.717, 1.165) is 44.9 Å². The van der Waals surface area contributed by atoms with E-state index in [4.69, 9.17) is 37.9 Å². The first kappa shape index (κ1) is 57.3. The molecule has 5 aliphatic carbocycles. The number of carboxylic acid groups (broad SMARTS) is 1. The van der Waals surface area contributed by atoms with Gasteiger partial charge in [-0.1, -0.05) is 60.1 Å². The van der Waals surface area contributed by atoms with Gasteiger partial charge in [-0.25, -0.2) is 4.79 Å². The molecule has 426 valence electrons. The van der Waals surface area contributed by atoms with Gasteiger partial charge < -0.3 is 94.1 Å². The Labute approximate surface area is 438 Å². The predicted molar refractivity (Wildman–Crippen MR) is 259 cm³/mol. The second-order valence-corrected chi connectivity index (χ2v) is 25.8. The maximum Gasteiger partial charge on any atom is 0.335 e. The number of Topliss-reactive ketones (excluding diaryl/α,β-unsaturated/α-hetero) is 1. The SMILES string of the molecule is CC1=C(O)C(=O)C[C@H](O[C@@H]2CC(C)(C)C[C@H]3C4=CC[C@@H]5[C@@]6(C)CC[C@H](O[C@@H]7O[C@H](C(=O)O)[C@@H](O)[C@H](O)[C@H]7O[C@@H]7O[C@H](CO)[C@H](O)[C@H](O)[C@H]7O[C@@H]7O[C@@H](C)[C@H](O)[C@@H](O)[C@H]7O)[C@](C)(CO)[C@@H]6CC[C@@]5(C)[C@]4(C)CC[C@@]23C)O1. The molecule has 3 saturated heterocycles. The summed E-state index contributed by atoms with van der Waals surface area (Å²) in [5.74, 6) is -1.94. The van der Waals surface area contributed by atoms with Crippen LogP contribution in [-0.4, -0.2) is 192 Å². The second-order valence-electron chi connectivity index (χ2n) is 25.8. The lowest BCUT2D eigenvalue weighted by Gasteiger charge is -2.72. The number of fused-ring (bicyclic) bond motifs is 7. The normalized spacial score (nSPS) is 52.9.